The Morgan fingerprint density at radius 1 is 1.22 bits per heavy atom. The second-order valence-electron chi connectivity index (χ2n) is 6.43. The second-order valence-corrected chi connectivity index (χ2v) is 6.43. The highest BCUT2D eigenvalue weighted by Gasteiger charge is 2.26. The minimum absolute atomic E-state index is 0.587. The Balaban J connectivity index is 2.54. The molecule has 0 aromatic rings. The van der Waals surface area contributed by atoms with Crippen LogP contribution in [-0.2, 0) is 0 Å². The topological polar surface area (TPSA) is 35.5 Å². The number of aliphatic hydroxyl groups is 1. The average Bonchev–Trinajstić information content (AvgIpc) is 2.51. The normalized spacial score (nSPS) is 26.3. The Morgan fingerprint density at radius 2 is 1.89 bits per heavy atom. The van der Waals surface area contributed by atoms with Gasteiger partial charge in [-0.3, -0.25) is 0 Å². The Hall–Kier alpha value is -0.120. The SMILES string of the molecule is CCN(CC1CCCCCC1NC)CC(C)(C)O. The molecule has 0 aromatic heterocycles. The van der Waals surface area contributed by atoms with Crippen LogP contribution in [0, 0.1) is 5.92 Å². The highest BCUT2D eigenvalue weighted by molar-refractivity contribution is 4.82. The Labute approximate surface area is 113 Å². The van der Waals surface area contributed by atoms with E-state index in [-0.39, 0.29) is 0 Å². The molecular formula is C15H32N2O. The zero-order valence-electron chi connectivity index (χ0n) is 12.7. The van der Waals surface area contributed by atoms with Gasteiger partial charge < -0.3 is 15.3 Å². The number of nitrogens with zero attached hydrogens (tertiary/aromatic N) is 1. The van der Waals surface area contributed by atoms with E-state index >= 15 is 0 Å². The molecule has 0 aromatic carbocycles. The minimum atomic E-state index is -0.587. The zero-order valence-corrected chi connectivity index (χ0v) is 12.7. The maximum atomic E-state index is 9.97. The first-order valence-corrected chi connectivity index (χ1v) is 7.58. The van der Waals surface area contributed by atoms with Crippen molar-refractivity contribution in [3.05, 3.63) is 0 Å². The van der Waals surface area contributed by atoms with Crippen molar-refractivity contribution in [1.82, 2.24) is 10.2 Å². The van der Waals surface area contributed by atoms with Gasteiger partial charge in [0, 0.05) is 19.1 Å². The summed E-state index contributed by atoms with van der Waals surface area (Å²) in [6, 6.07) is 0.656. The number of likely N-dealkylation sites (N-methyl/N-ethyl adjacent to an activating group) is 1. The molecule has 1 aliphatic carbocycles. The van der Waals surface area contributed by atoms with Gasteiger partial charge in [-0.2, -0.15) is 0 Å². The number of rotatable bonds is 6. The maximum absolute atomic E-state index is 9.97. The van der Waals surface area contributed by atoms with Crippen LogP contribution in [0.2, 0.25) is 0 Å². The predicted octanol–water partition coefficient (Wildman–Crippen LogP) is 2.25. The molecule has 2 unspecified atom stereocenters. The summed E-state index contributed by atoms with van der Waals surface area (Å²) >= 11 is 0. The third kappa shape index (κ3) is 5.68. The van der Waals surface area contributed by atoms with E-state index in [0.29, 0.717) is 6.04 Å². The molecule has 1 saturated carbocycles. The largest absolute Gasteiger partial charge is 0.389 e. The third-order valence-corrected chi connectivity index (χ3v) is 4.08. The molecular weight excluding hydrogens is 224 g/mol. The fourth-order valence-corrected chi connectivity index (χ4v) is 3.17. The van der Waals surface area contributed by atoms with Gasteiger partial charge in [-0.25, -0.2) is 0 Å². The van der Waals surface area contributed by atoms with Crippen molar-refractivity contribution in [2.45, 2.75) is 64.5 Å². The molecule has 0 bridgehead atoms. The van der Waals surface area contributed by atoms with E-state index in [9.17, 15) is 5.11 Å². The molecule has 2 N–H and O–H groups in total. The second kappa shape index (κ2) is 7.46. The van der Waals surface area contributed by atoms with Gasteiger partial charge in [0.05, 0.1) is 5.60 Å². The van der Waals surface area contributed by atoms with Gasteiger partial charge in [-0.1, -0.05) is 26.2 Å². The summed E-state index contributed by atoms with van der Waals surface area (Å²) in [7, 11) is 2.09. The Bertz CT molecular complexity index is 225. The molecule has 0 aliphatic heterocycles. The van der Waals surface area contributed by atoms with Crippen molar-refractivity contribution in [2.24, 2.45) is 5.92 Å². The molecule has 2 atom stereocenters. The first kappa shape index (κ1) is 15.9. The fraction of sp³-hybridized carbons (Fsp3) is 1.00. The van der Waals surface area contributed by atoms with Gasteiger partial charge in [-0.05, 0) is 46.2 Å². The van der Waals surface area contributed by atoms with E-state index in [2.05, 4.69) is 24.2 Å². The van der Waals surface area contributed by atoms with Gasteiger partial charge >= 0.3 is 0 Å². The molecule has 1 rings (SSSR count). The van der Waals surface area contributed by atoms with E-state index in [1.807, 2.05) is 13.8 Å². The lowest BCUT2D eigenvalue weighted by atomic mass is 9.93. The molecule has 3 heteroatoms. The quantitative estimate of drug-likeness (QED) is 0.716. The number of nitrogens with one attached hydrogen (secondary N) is 1. The Kier molecular flexibility index (Phi) is 6.61. The third-order valence-electron chi connectivity index (χ3n) is 4.08. The molecule has 0 spiro atoms. The highest BCUT2D eigenvalue weighted by Crippen LogP contribution is 2.24. The molecule has 0 radical (unpaired) electrons. The lowest BCUT2D eigenvalue weighted by molar-refractivity contribution is 0.0303. The Morgan fingerprint density at radius 3 is 2.44 bits per heavy atom. The summed E-state index contributed by atoms with van der Waals surface area (Å²) < 4.78 is 0. The lowest BCUT2D eigenvalue weighted by Gasteiger charge is -2.34. The van der Waals surface area contributed by atoms with Crippen LogP contribution in [0.4, 0.5) is 0 Å². The van der Waals surface area contributed by atoms with Crippen molar-refractivity contribution < 1.29 is 5.11 Å². The van der Waals surface area contributed by atoms with E-state index in [0.717, 1.165) is 25.6 Å². The van der Waals surface area contributed by atoms with Crippen molar-refractivity contribution in [3.63, 3.8) is 0 Å². The van der Waals surface area contributed by atoms with Gasteiger partial charge in [0.2, 0.25) is 0 Å². The average molecular weight is 256 g/mol. The molecule has 0 amide bonds. The summed E-state index contributed by atoms with van der Waals surface area (Å²) in [5.41, 5.74) is -0.587. The van der Waals surface area contributed by atoms with Crippen LogP contribution in [-0.4, -0.2) is 48.3 Å². The van der Waals surface area contributed by atoms with Crippen molar-refractivity contribution in [1.29, 1.82) is 0 Å². The summed E-state index contributed by atoms with van der Waals surface area (Å²) in [5.74, 6) is 0.736. The van der Waals surface area contributed by atoms with Crippen LogP contribution >= 0.6 is 0 Å². The number of hydrogen-bond donors (Lipinski definition) is 2. The van der Waals surface area contributed by atoms with Crippen molar-refractivity contribution in [3.8, 4) is 0 Å². The van der Waals surface area contributed by atoms with E-state index in [4.69, 9.17) is 0 Å². The van der Waals surface area contributed by atoms with E-state index in [1.54, 1.807) is 0 Å². The summed E-state index contributed by atoms with van der Waals surface area (Å²) in [6.07, 6.45) is 6.74. The fourth-order valence-electron chi connectivity index (χ4n) is 3.17. The molecule has 0 heterocycles. The van der Waals surface area contributed by atoms with Gasteiger partial charge in [-0.15, -0.1) is 0 Å². The molecule has 3 nitrogen and oxygen atoms in total. The van der Waals surface area contributed by atoms with Crippen LogP contribution in [0.5, 0.6) is 0 Å². The van der Waals surface area contributed by atoms with Gasteiger partial charge in [0.1, 0.15) is 0 Å². The van der Waals surface area contributed by atoms with E-state index < -0.39 is 5.60 Å². The maximum Gasteiger partial charge on any atom is 0.0718 e. The minimum Gasteiger partial charge on any atom is -0.389 e. The van der Waals surface area contributed by atoms with Crippen LogP contribution in [0.3, 0.4) is 0 Å². The molecule has 108 valence electrons. The smallest absolute Gasteiger partial charge is 0.0718 e. The monoisotopic (exact) mass is 256 g/mol. The highest BCUT2D eigenvalue weighted by atomic mass is 16.3. The van der Waals surface area contributed by atoms with Gasteiger partial charge in [0.25, 0.3) is 0 Å². The molecule has 0 saturated heterocycles. The summed E-state index contributed by atoms with van der Waals surface area (Å²) in [4.78, 5) is 2.40. The first-order valence-electron chi connectivity index (χ1n) is 7.58. The molecule has 1 aliphatic rings. The van der Waals surface area contributed by atoms with Crippen LogP contribution in [0.15, 0.2) is 0 Å². The van der Waals surface area contributed by atoms with Crippen LogP contribution < -0.4 is 5.32 Å². The van der Waals surface area contributed by atoms with Gasteiger partial charge in [0.15, 0.2) is 0 Å². The standard InChI is InChI=1S/C15H32N2O/c1-5-17(12-15(2,3)18)11-13-9-7-6-8-10-14(13)16-4/h13-14,16,18H,5-12H2,1-4H3. The lowest BCUT2D eigenvalue weighted by Crippen LogP contribution is -2.45. The van der Waals surface area contributed by atoms with Crippen LogP contribution in [0.1, 0.15) is 52.9 Å². The van der Waals surface area contributed by atoms with E-state index in [1.165, 1.54) is 32.1 Å². The predicted molar refractivity (Wildman–Crippen MR) is 77.8 cm³/mol. The first-order chi connectivity index (χ1) is 8.46. The molecule has 18 heavy (non-hydrogen) atoms. The summed E-state index contributed by atoms with van der Waals surface area (Å²) in [5, 5.41) is 13.5. The van der Waals surface area contributed by atoms with Crippen molar-refractivity contribution >= 4 is 0 Å². The van der Waals surface area contributed by atoms with Crippen molar-refractivity contribution in [2.75, 3.05) is 26.7 Å². The van der Waals surface area contributed by atoms with Crippen LogP contribution in [0.25, 0.3) is 0 Å². The number of hydrogen-bond acceptors (Lipinski definition) is 3. The summed E-state index contributed by atoms with van der Waals surface area (Å²) in [6.45, 7) is 8.91. The molecule has 1 fully saturated rings. The zero-order chi connectivity index (χ0) is 13.6.